The summed E-state index contributed by atoms with van der Waals surface area (Å²) in [7, 11) is 0. The standard InChI is InChI=1S/C21H37NO3/c1-2-25-21(24)14-8-7-13-20(17-23)22(15-18-9-3-4-10-18)16-19-11-5-6-12-19/h8,14,18-20,23H,2-7,9-13,15-17H2,1H3/b14-8+/t20-/m1/s1. The molecule has 0 bridgehead atoms. The first-order chi connectivity index (χ1) is 12.2. The fourth-order valence-corrected chi connectivity index (χ4v) is 4.47. The number of esters is 1. The van der Waals surface area contributed by atoms with Crippen LogP contribution in [-0.2, 0) is 9.53 Å². The van der Waals surface area contributed by atoms with Crippen LogP contribution in [0.25, 0.3) is 0 Å². The lowest BCUT2D eigenvalue weighted by Gasteiger charge is -2.34. The van der Waals surface area contributed by atoms with Crippen molar-refractivity contribution in [1.29, 1.82) is 0 Å². The molecule has 0 heterocycles. The molecular formula is C21H37NO3. The van der Waals surface area contributed by atoms with Gasteiger partial charge in [-0.25, -0.2) is 4.79 Å². The van der Waals surface area contributed by atoms with E-state index < -0.39 is 0 Å². The van der Waals surface area contributed by atoms with Crippen LogP contribution in [0.15, 0.2) is 12.2 Å². The summed E-state index contributed by atoms with van der Waals surface area (Å²) in [5, 5.41) is 9.98. The highest BCUT2D eigenvalue weighted by molar-refractivity contribution is 5.81. The molecule has 0 amide bonds. The lowest BCUT2D eigenvalue weighted by molar-refractivity contribution is -0.137. The van der Waals surface area contributed by atoms with Crippen LogP contribution in [-0.4, -0.2) is 48.3 Å². The second-order valence-electron chi connectivity index (χ2n) is 7.82. The maximum absolute atomic E-state index is 11.4. The molecule has 2 fully saturated rings. The zero-order valence-corrected chi connectivity index (χ0v) is 16.0. The molecule has 2 rings (SSSR count). The number of aliphatic hydroxyl groups excluding tert-OH is 1. The molecule has 4 nitrogen and oxygen atoms in total. The summed E-state index contributed by atoms with van der Waals surface area (Å²) in [4.78, 5) is 14.0. The Bertz CT molecular complexity index is 380. The number of carbonyl (C=O) groups is 1. The van der Waals surface area contributed by atoms with E-state index in [2.05, 4.69) is 4.90 Å². The van der Waals surface area contributed by atoms with E-state index in [9.17, 15) is 9.90 Å². The number of ether oxygens (including phenoxy) is 1. The van der Waals surface area contributed by atoms with Gasteiger partial charge in [-0.15, -0.1) is 0 Å². The van der Waals surface area contributed by atoms with Gasteiger partial charge in [0.2, 0.25) is 0 Å². The Labute approximate surface area is 153 Å². The minimum Gasteiger partial charge on any atom is -0.463 e. The molecule has 2 aliphatic carbocycles. The summed E-state index contributed by atoms with van der Waals surface area (Å²) in [6.45, 7) is 4.73. The minimum atomic E-state index is -0.267. The zero-order chi connectivity index (χ0) is 17.9. The number of hydrogen-bond acceptors (Lipinski definition) is 4. The van der Waals surface area contributed by atoms with Gasteiger partial charge in [-0.2, -0.15) is 0 Å². The summed E-state index contributed by atoms with van der Waals surface area (Å²) in [5.74, 6) is 1.35. The highest BCUT2D eigenvalue weighted by Crippen LogP contribution is 2.30. The van der Waals surface area contributed by atoms with E-state index in [1.807, 2.05) is 13.0 Å². The van der Waals surface area contributed by atoms with E-state index in [4.69, 9.17) is 4.74 Å². The molecule has 0 aromatic carbocycles. The van der Waals surface area contributed by atoms with Gasteiger partial charge in [0.05, 0.1) is 13.2 Å². The molecule has 0 spiro atoms. The molecule has 1 atom stereocenters. The molecule has 0 aromatic heterocycles. The van der Waals surface area contributed by atoms with E-state index in [-0.39, 0.29) is 18.6 Å². The van der Waals surface area contributed by atoms with E-state index in [0.717, 1.165) is 37.8 Å². The molecule has 0 saturated heterocycles. The van der Waals surface area contributed by atoms with Crippen molar-refractivity contribution in [2.75, 3.05) is 26.3 Å². The second-order valence-corrected chi connectivity index (χ2v) is 7.82. The van der Waals surface area contributed by atoms with E-state index >= 15 is 0 Å². The highest BCUT2D eigenvalue weighted by atomic mass is 16.5. The van der Waals surface area contributed by atoms with Crippen molar-refractivity contribution in [3.63, 3.8) is 0 Å². The third-order valence-electron chi connectivity index (χ3n) is 5.87. The van der Waals surface area contributed by atoms with Gasteiger partial charge in [0, 0.05) is 25.2 Å². The van der Waals surface area contributed by atoms with Crippen LogP contribution in [0.4, 0.5) is 0 Å². The van der Waals surface area contributed by atoms with Crippen molar-refractivity contribution in [2.24, 2.45) is 11.8 Å². The van der Waals surface area contributed by atoms with Gasteiger partial charge in [0.1, 0.15) is 0 Å². The molecular weight excluding hydrogens is 314 g/mol. The molecule has 0 unspecified atom stereocenters. The number of carbonyl (C=O) groups excluding carboxylic acids is 1. The van der Waals surface area contributed by atoms with Gasteiger partial charge in [0.15, 0.2) is 0 Å². The Morgan fingerprint density at radius 2 is 1.68 bits per heavy atom. The first-order valence-electron chi connectivity index (χ1n) is 10.4. The molecule has 144 valence electrons. The Morgan fingerprint density at radius 3 is 2.16 bits per heavy atom. The number of nitrogens with zero attached hydrogens (tertiary/aromatic N) is 1. The maximum atomic E-state index is 11.4. The van der Waals surface area contributed by atoms with Crippen molar-refractivity contribution < 1.29 is 14.6 Å². The van der Waals surface area contributed by atoms with Crippen LogP contribution < -0.4 is 0 Å². The molecule has 1 N–H and O–H groups in total. The van der Waals surface area contributed by atoms with Crippen LogP contribution in [0.3, 0.4) is 0 Å². The quantitative estimate of drug-likeness (QED) is 0.453. The maximum Gasteiger partial charge on any atom is 0.330 e. The zero-order valence-electron chi connectivity index (χ0n) is 16.0. The second kappa shape index (κ2) is 11.7. The SMILES string of the molecule is CCOC(=O)/C=C/CC[C@H](CO)N(CC1CCCC1)CC1CCCC1. The van der Waals surface area contributed by atoms with Crippen molar-refractivity contribution >= 4 is 5.97 Å². The topological polar surface area (TPSA) is 49.8 Å². The van der Waals surface area contributed by atoms with Crippen LogP contribution in [0.5, 0.6) is 0 Å². The van der Waals surface area contributed by atoms with Crippen LogP contribution in [0.2, 0.25) is 0 Å². The van der Waals surface area contributed by atoms with Gasteiger partial charge in [-0.3, -0.25) is 4.90 Å². The molecule has 0 aliphatic heterocycles. The van der Waals surface area contributed by atoms with Crippen LogP contribution in [0, 0.1) is 11.8 Å². The predicted molar refractivity (Wildman–Crippen MR) is 101 cm³/mol. The summed E-state index contributed by atoms with van der Waals surface area (Å²) in [6, 6.07) is 0.216. The van der Waals surface area contributed by atoms with E-state index in [0.29, 0.717) is 6.61 Å². The van der Waals surface area contributed by atoms with Crippen molar-refractivity contribution in [2.45, 2.75) is 77.2 Å². The average molecular weight is 352 g/mol. The van der Waals surface area contributed by atoms with Gasteiger partial charge in [-0.05, 0) is 57.3 Å². The van der Waals surface area contributed by atoms with Gasteiger partial charge < -0.3 is 9.84 Å². The van der Waals surface area contributed by atoms with Gasteiger partial charge >= 0.3 is 5.97 Å². The number of rotatable bonds is 11. The number of aliphatic hydroxyl groups is 1. The average Bonchev–Trinajstić information content (AvgIpc) is 3.29. The summed E-state index contributed by atoms with van der Waals surface area (Å²) in [5.41, 5.74) is 0. The van der Waals surface area contributed by atoms with Crippen LogP contribution in [0.1, 0.15) is 71.1 Å². The Morgan fingerprint density at radius 1 is 1.12 bits per heavy atom. The largest absolute Gasteiger partial charge is 0.463 e. The minimum absolute atomic E-state index is 0.215. The van der Waals surface area contributed by atoms with Crippen molar-refractivity contribution in [3.05, 3.63) is 12.2 Å². The molecule has 2 saturated carbocycles. The van der Waals surface area contributed by atoms with Gasteiger partial charge in [0.25, 0.3) is 0 Å². The molecule has 0 radical (unpaired) electrons. The fourth-order valence-electron chi connectivity index (χ4n) is 4.47. The smallest absolute Gasteiger partial charge is 0.330 e. The normalized spacial score (nSPS) is 20.8. The number of allylic oxidation sites excluding steroid dienone is 1. The summed E-state index contributed by atoms with van der Waals surface area (Å²) in [6.07, 6.45) is 16.0. The Balaban J connectivity index is 1.85. The lowest BCUT2D eigenvalue weighted by Crippen LogP contribution is -2.43. The molecule has 2 aliphatic rings. The molecule has 4 heteroatoms. The first kappa shape index (κ1) is 20.4. The van der Waals surface area contributed by atoms with E-state index in [1.54, 1.807) is 0 Å². The third-order valence-corrected chi connectivity index (χ3v) is 5.87. The lowest BCUT2D eigenvalue weighted by atomic mass is 10.0. The van der Waals surface area contributed by atoms with Crippen molar-refractivity contribution in [3.8, 4) is 0 Å². The third kappa shape index (κ3) is 7.49. The molecule has 25 heavy (non-hydrogen) atoms. The Kier molecular flexibility index (Phi) is 9.56. The monoisotopic (exact) mass is 351 g/mol. The Hall–Kier alpha value is -0.870. The highest BCUT2D eigenvalue weighted by Gasteiger charge is 2.27. The van der Waals surface area contributed by atoms with Crippen molar-refractivity contribution in [1.82, 2.24) is 4.90 Å². The summed E-state index contributed by atoms with van der Waals surface area (Å²) < 4.78 is 4.91. The van der Waals surface area contributed by atoms with Gasteiger partial charge in [-0.1, -0.05) is 31.8 Å². The van der Waals surface area contributed by atoms with Crippen LogP contribution >= 0.6 is 0 Å². The van der Waals surface area contributed by atoms with E-state index in [1.165, 1.54) is 57.4 Å². The number of hydrogen-bond donors (Lipinski definition) is 1. The molecule has 0 aromatic rings. The predicted octanol–water partition coefficient (Wildman–Crippen LogP) is 3.93. The fraction of sp³-hybridized carbons (Fsp3) is 0.857. The first-order valence-corrected chi connectivity index (χ1v) is 10.4. The summed E-state index contributed by atoms with van der Waals surface area (Å²) >= 11 is 0.